The van der Waals surface area contributed by atoms with Crippen LogP contribution in [0.15, 0.2) is 36.7 Å². The van der Waals surface area contributed by atoms with E-state index in [0.29, 0.717) is 11.9 Å². The predicted octanol–water partition coefficient (Wildman–Crippen LogP) is 3.83. The Balaban J connectivity index is 1.51. The van der Waals surface area contributed by atoms with Crippen LogP contribution in [0.1, 0.15) is 36.9 Å². The fraction of sp³-hybridized carbons (Fsp3) is 0.429. The highest BCUT2D eigenvalue weighted by molar-refractivity contribution is 5.90. The number of likely N-dealkylation sites (tertiary alicyclic amines) is 1. The zero-order valence-electron chi connectivity index (χ0n) is 15.6. The van der Waals surface area contributed by atoms with Crippen molar-refractivity contribution in [2.24, 2.45) is 0 Å². The van der Waals surface area contributed by atoms with Crippen LogP contribution in [0.5, 0.6) is 0 Å². The molecular weight excluding hydrogens is 343 g/mol. The van der Waals surface area contributed by atoms with Gasteiger partial charge >= 0.3 is 0 Å². The van der Waals surface area contributed by atoms with Gasteiger partial charge in [-0.25, -0.2) is 4.39 Å². The van der Waals surface area contributed by atoms with Crippen molar-refractivity contribution in [3.05, 3.63) is 53.7 Å². The first-order valence-electron chi connectivity index (χ1n) is 9.66. The highest BCUT2D eigenvalue weighted by atomic mass is 19.1. The average Bonchev–Trinajstić information content (AvgIpc) is 3.30. The first kappa shape index (κ1) is 17.8. The minimum atomic E-state index is -0.274. The molecule has 1 N–H and O–H groups in total. The molecule has 0 spiro atoms. The minimum Gasteiger partial charge on any atom is -0.356 e. The number of nitrogens with one attached hydrogen (secondary N) is 1. The number of halogens is 1. The summed E-state index contributed by atoms with van der Waals surface area (Å²) in [5.41, 5.74) is 2.27. The van der Waals surface area contributed by atoms with Crippen LogP contribution in [0.4, 0.5) is 4.39 Å². The smallest absolute Gasteiger partial charge is 0.227 e. The minimum absolute atomic E-state index is 0.133. The van der Waals surface area contributed by atoms with Gasteiger partial charge < -0.3 is 9.88 Å². The first-order valence-corrected chi connectivity index (χ1v) is 9.66. The Morgan fingerprint density at radius 2 is 2.22 bits per heavy atom. The van der Waals surface area contributed by atoms with Crippen molar-refractivity contribution in [2.45, 2.75) is 51.6 Å². The number of fused-ring (bicyclic) bond motifs is 1. The van der Waals surface area contributed by atoms with Gasteiger partial charge in [0.25, 0.3) is 0 Å². The van der Waals surface area contributed by atoms with E-state index >= 15 is 0 Å². The maximum Gasteiger partial charge on any atom is 0.227 e. The number of rotatable bonds is 5. The molecular formula is C21H25FN4O. The molecule has 0 unspecified atom stereocenters. The largest absolute Gasteiger partial charge is 0.356 e. The summed E-state index contributed by atoms with van der Waals surface area (Å²) in [4.78, 5) is 18.2. The van der Waals surface area contributed by atoms with Crippen LogP contribution in [0.3, 0.4) is 0 Å². The third-order valence-corrected chi connectivity index (χ3v) is 5.63. The number of amides is 1. The lowest BCUT2D eigenvalue weighted by molar-refractivity contribution is -0.134. The number of piperidine rings is 1. The van der Waals surface area contributed by atoms with E-state index in [9.17, 15) is 9.18 Å². The molecule has 6 heteroatoms. The van der Waals surface area contributed by atoms with Crippen LogP contribution in [0.2, 0.25) is 0 Å². The number of H-pyrrole nitrogens is 1. The fourth-order valence-electron chi connectivity index (χ4n) is 4.19. The molecule has 1 fully saturated rings. The Bertz CT molecular complexity index is 931. The van der Waals surface area contributed by atoms with E-state index in [1.807, 2.05) is 34.8 Å². The third-order valence-electron chi connectivity index (χ3n) is 5.63. The van der Waals surface area contributed by atoms with Crippen LogP contribution in [-0.4, -0.2) is 38.2 Å². The normalized spacial score (nSPS) is 17.6. The first-order chi connectivity index (χ1) is 13.1. The Hall–Kier alpha value is -2.63. The van der Waals surface area contributed by atoms with Gasteiger partial charge in [0.2, 0.25) is 5.91 Å². The number of carbonyl (C=O) groups excluding carboxylic acids is 1. The molecule has 1 aromatic carbocycles. The van der Waals surface area contributed by atoms with Crippen molar-refractivity contribution in [3.63, 3.8) is 0 Å². The van der Waals surface area contributed by atoms with E-state index in [-0.39, 0.29) is 17.8 Å². The quantitative estimate of drug-likeness (QED) is 0.744. The average molecular weight is 368 g/mol. The Morgan fingerprint density at radius 1 is 1.33 bits per heavy atom. The second kappa shape index (κ2) is 7.55. The molecule has 5 nitrogen and oxygen atoms in total. The summed E-state index contributed by atoms with van der Waals surface area (Å²) in [6.45, 7) is 3.53. The van der Waals surface area contributed by atoms with Gasteiger partial charge in [-0.3, -0.25) is 9.48 Å². The summed E-state index contributed by atoms with van der Waals surface area (Å²) in [6, 6.07) is 7.20. The van der Waals surface area contributed by atoms with Crippen molar-refractivity contribution >= 4 is 16.8 Å². The number of carbonyl (C=O) groups is 1. The number of hydrogen-bond acceptors (Lipinski definition) is 2. The molecule has 3 heterocycles. The standard InChI is InChI=1S/C21H25FN4O/c1-15-18(17-7-4-8-19(22)21(17)24-15)14-20(27)26-12-3-2-6-16(26)9-13-25-11-5-10-23-25/h4-5,7-8,10-11,16,24H,2-3,6,9,12-14H2,1H3/t16-/m0/s1. The topological polar surface area (TPSA) is 53.9 Å². The number of para-hydroxylation sites is 1. The van der Waals surface area contributed by atoms with Crippen LogP contribution in [-0.2, 0) is 17.8 Å². The van der Waals surface area contributed by atoms with Gasteiger partial charge in [-0.2, -0.15) is 5.10 Å². The Morgan fingerprint density at radius 3 is 3.04 bits per heavy atom. The van der Waals surface area contributed by atoms with Gasteiger partial charge in [0, 0.05) is 42.6 Å². The van der Waals surface area contributed by atoms with E-state index in [1.54, 1.807) is 12.3 Å². The van der Waals surface area contributed by atoms with Crippen LogP contribution in [0, 0.1) is 12.7 Å². The molecule has 142 valence electrons. The summed E-state index contributed by atoms with van der Waals surface area (Å²) < 4.78 is 16.0. The lowest BCUT2D eigenvalue weighted by Crippen LogP contribution is -2.45. The molecule has 0 radical (unpaired) electrons. The molecule has 27 heavy (non-hydrogen) atoms. The molecule has 0 saturated carbocycles. The maximum atomic E-state index is 14.0. The zero-order valence-corrected chi connectivity index (χ0v) is 15.6. The number of benzene rings is 1. The van der Waals surface area contributed by atoms with E-state index in [1.165, 1.54) is 6.07 Å². The second-order valence-electron chi connectivity index (χ2n) is 7.36. The molecule has 1 saturated heterocycles. The third kappa shape index (κ3) is 3.61. The van der Waals surface area contributed by atoms with Crippen LogP contribution in [0.25, 0.3) is 10.9 Å². The van der Waals surface area contributed by atoms with Gasteiger partial charge in [-0.15, -0.1) is 0 Å². The lowest BCUT2D eigenvalue weighted by Gasteiger charge is -2.36. The molecule has 4 rings (SSSR count). The molecule has 1 amide bonds. The summed E-state index contributed by atoms with van der Waals surface area (Å²) >= 11 is 0. The summed E-state index contributed by atoms with van der Waals surface area (Å²) in [5.74, 6) is -0.141. The highest BCUT2D eigenvalue weighted by Crippen LogP contribution is 2.27. The fourth-order valence-corrected chi connectivity index (χ4v) is 4.19. The van der Waals surface area contributed by atoms with Crippen molar-refractivity contribution in [1.82, 2.24) is 19.7 Å². The molecule has 1 atom stereocenters. The Labute approximate surface area is 158 Å². The zero-order chi connectivity index (χ0) is 18.8. The van der Waals surface area contributed by atoms with Gasteiger partial charge in [0.1, 0.15) is 5.82 Å². The van der Waals surface area contributed by atoms with Crippen molar-refractivity contribution in [3.8, 4) is 0 Å². The van der Waals surface area contributed by atoms with Crippen molar-refractivity contribution in [1.29, 1.82) is 0 Å². The SMILES string of the molecule is Cc1[nH]c2c(F)cccc2c1CC(=O)N1CCCC[C@H]1CCn1cccn1. The van der Waals surface area contributed by atoms with Gasteiger partial charge in [0.15, 0.2) is 0 Å². The number of aromatic nitrogens is 3. The number of aromatic amines is 1. The van der Waals surface area contributed by atoms with Crippen molar-refractivity contribution < 1.29 is 9.18 Å². The number of hydrogen-bond donors (Lipinski definition) is 1. The second-order valence-corrected chi connectivity index (χ2v) is 7.36. The molecule has 2 aromatic heterocycles. The van der Waals surface area contributed by atoms with Crippen LogP contribution >= 0.6 is 0 Å². The van der Waals surface area contributed by atoms with Crippen LogP contribution < -0.4 is 0 Å². The molecule has 1 aliphatic heterocycles. The lowest BCUT2D eigenvalue weighted by atomic mass is 9.97. The summed E-state index contributed by atoms with van der Waals surface area (Å²) in [6.07, 6.45) is 8.20. The highest BCUT2D eigenvalue weighted by Gasteiger charge is 2.27. The molecule has 1 aliphatic rings. The van der Waals surface area contributed by atoms with Gasteiger partial charge in [-0.05, 0) is 50.3 Å². The monoisotopic (exact) mass is 368 g/mol. The van der Waals surface area contributed by atoms with Gasteiger partial charge in [-0.1, -0.05) is 12.1 Å². The molecule has 0 aliphatic carbocycles. The molecule has 0 bridgehead atoms. The van der Waals surface area contributed by atoms with E-state index in [4.69, 9.17) is 0 Å². The summed E-state index contributed by atoms with van der Waals surface area (Å²) in [5, 5.41) is 5.07. The number of nitrogens with zero attached hydrogens (tertiary/aromatic N) is 3. The van der Waals surface area contributed by atoms with Gasteiger partial charge in [0.05, 0.1) is 11.9 Å². The Kier molecular flexibility index (Phi) is 4.97. The predicted molar refractivity (Wildman–Crippen MR) is 103 cm³/mol. The van der Waals surface area contributed by atoms with E-state index in [2.05, 4.69) is 10.1 Å². The number of aryl methyl sites for hydroxylation is 2. The maximum absolute atomic E-state index is 14.0. The molecule has 3 aromatic rings. The van der Waals surface area contributed by atoms with E-state index in [0.717, 1.165) is 55.4 Å². The van der Waals surface area contributed by atoms with E-state index < -0.39 is 0 Å². The van der Waals surface area contributed by atoms with Crippen molar-refractivity contribution in [2.75, 3.05) is 6.54 Å². The summed E-state index contributed by atoms with van der Waals surface area (Å²) in [7, 11) is 0.